The van der Waals surface area contributed by atoms with Gasteiger partial charge in [0.25, 0.3) is 0 Å². The lowest BCUT2D eigenvalue weighted by Gasteiger charge is -2.05. The van der Waals surface area contributed by atoms with Gasteiger partial charge in [-0.2, -0.15) is 5.10 Å². The van der Waals surface area contributed by atoms with Crippen molar-refractivity contribution in [3.63, 3.8) is 0 Å². The van der Waals surface area contributed by atoms with Crippen molar-refractivity contribution >= 4 is 11.3 Å². The minimum Gasteiger partial charge on any atom is -0.387 e. The van der Waals surface area contributed by atoms with Gasteiger partial charge in [0.05, 0.1) is 11.8 Å². The summed E-state index contributed by atoms with van der Waals surface area (Å²) in [6.07, 6.45) is 3.08. The lowest BCUT2D eigenvalue weighted by molar-refractivity contribution is 0.181. The molecule has 4 heteroatoms. The van der Waals surface area contributed by atoms with Crippen LogP contribution in [0.15, 0.2) is 24.4 Å². The first kappa shape index (κ1) is 11.4. The Hall–Kier alpha value is -1.13. The van der Waals surface area contributed by atoms with Crippen LogP contribution in [0.25, 0.3) is 0 Å². The number of thiophene rings is 1. The van der Waals surface area contributed by atoms with Crippen molar-refractivity contribution in [3.8, 4) is 0 Å². The minimum atomic E-state index is -0.430. The first-order chi connectivity index (χ1) is 7.69. The highest BCUT2D eigenvalue weighted by Gasteiger charge is 2.12. The molecule has 0 radical (unpaired) electrons. The van der Waals surface area contributed by atoms with E-state index in [2.05, 4.69) is 18.1 Å². The number of aryl methyl sites for hydroxylation is 2. The van der Waals surface area contributed by atoms with Crippen LogP contribution >= 0.6 is 11.3 Å². The largest absolute Gasteiger partial charge is 0.387 e. The van der Waals surface area contributed by atoms with Gasteiger partial charge in [-0.15, -0.1) is 11.3 Å². The molecule has 2 aromatic rings. The Balaban J connectivity index is 2.05. The fraction of sp³-hybridized carbons (Fsp3) is 0.417. The highest BCUT2D eigenvalue weighted by atomic mass is 32.1. The van der Waals surface area contributed by atoms with E-state index in [1.807, 2.05) is 25.4 Å². The summed E-state index contributed by atoms with van der Waals surface area (Å²) in [7, 11) is 1.89. The van der Waals surface area contributed by atoms with Gasteiger partial charge in [-0.05, 0) is 24.6 Å². The van der Waals surface area contributed by atoms with Gasteiger partial charge in [-0.1, -0.05) is 6.92 Å². The van der Waals surface area contributed by atoms with Crippen LogP contribution in [0, 0.1) is 0 Å². The SMILES string of the molecule is CCc1ccc(C(O)Cc2ccn(C)n2)s1. The van der Waals surface area contributed by atoms with Crippen molar-refractivity contribution < 1.29 is 5.11 Å². The highest BCUT2D eigenvalue weighted by Crippen LogP contribution is 2.25. The van der Waals surface area contributed by atoms with Crippen LogP contribution in [0.4, 0.5) is 0 Å². The van der Waals surface area contributed by atoms with E-state index in [0.29, 0.717) is 6.42 Å². The molecule has 0 aliphatic carbocycles. The van der Waals surface area contributed by atoms with Crippen LogP contribution in [0.5, 0.6) is 0 Å². The van der Waals surface area contributed by atoms with Crippen molar-refractivity contribution in [3.05, 3.63) is 39.8 Å². The van der Waals surface area contributed by atoms with E-state index in [-0.39, 0.29) is 0 Å². The number of rotatable bonds is 4. The second-order valence-electron chi connectivity index (χ2n) is 3.86. The number of aliphatic hydroxyl groups is 1. The maximum Gasteiger partial charge on any atom is 0.0938 e. The second kappa shape index (κ2) is 4.80. The van der Waals surface area contributed by atoms with E-state index in [1.54, 1.807) is 16.0 Å². The zero-order valence-corrected chi connectivity index (χ0v) is 10.4. The number of hydrogen-bond acceptors (Lipinski definition) is 3. The Morgan fingerprint density at radius 3 is 2.81 bits per heavy atom. The number of aromatic nitrogens is 2. The molecule has 1 N–H and O–H groups in total. The Morgan fingerprint density at radius 2 is 2.25 bits per heavy atom. The predicted octanol–water partition coefficient (Wildman–Crippen LogP) is 2.32. The molecule has 16 heavy (non-hydrogen) atoms. The summed E-state index contributed by atoms with van der Waals surface area (Å²) in [6, 6.07) is 6.04. The van der Waals surface area contributed by atoms with Gasteiger partial charge in [-0.25, -0.2) is 0 Å². The van der Waals surface area contributed by atoms with Crippen LogP contribution in [0.3, 0.4) is 0 Å². The summed E-state index contributed by atoms with van der Waals surface area (Å²) in [5.74, 6) is 0. The Morgan fingerprint density at radius 1 is 1.44 bits per heavy atom. The Kier molecular flexibility index (Phi) is 3.41. The standard InChI is InChI=1S/C12H16N2OS/c1-3-10-4-5-12(16-10)11(15)8-9-6-7-14(2)13-9/h4-7,11,15H,3,8H2,1-2H3. The first-order valence-electron chi connectivity index (χ1n) is 5.44. The smallest absolute Gasteiger partial charge is 0.0938 e. The van der Waals surface area contributed by atoms with Gasteiger partial charge < -0.3 is 5.11 Å². The topological polar surface area (TPSA) is 38.0 Å². The van der Waals surface area contributed by atoms with E-state index < -0.39 is 6.10 Å². The normalized spacial score (nSPS) is 12.9. The molecule has 2 heterocycles. The summed E-state index contributed by atoms with van der Waals surface area (Å²) < 4.78 is 1.76. The van der Waals surface area contributed by atoms with E-state index in [9.17, 15) is 5.11 Å². The molecule has 0 amide bonds. The van der Waals surface area contributed by atoms with Crippen molar-refractivity contribution in [2.24, 2.45) is 7.05 Å². The maximum absolute atomic E-state index is 10.1. The van der Waals surface area contributed by atoms with Gasteiger partial charge in [0.15, 0.2) is 0 Å². The van der Waals surface area contributed by atoms with Crippen LogP contribution in [0.2, 0.25) is 0 Å². The summed E-state index contributed by atoms with van der Waals surface area (Å²) >= 11 is 1.68. The third-order valence-corrected chi connectivity index (χ3v) is 3.86. The summed E-state index contributed by atoms with van der Waals surface area (Å²) in [6.45, 7) is 2.13. The average Bonchev–Trinajstić information content (AvgIpc) is 2.87. The van der Waals surface area contributed by atoms with Crippen molar-refractivity contribution in [1.29, 1.82) is 0 Å². The van der Waals surface area contributed by atoms with Crippen molar-refractivity contribution in [2.45, 2.75) is 25.9 Å². The lowest BCUT2D eigenvalue weighted by Crippen LogP contribution is -2.01. The molecule has 0 bridgehead atoms. The highest BCUT2D eigenvalue weighted by molar-refractivity contribution is 7.12. The summed E-state index contributed by atoms with van der Waals surface area (Å²) in [4.78, 5) is 2.34. The van der Waals surface area contributed by atoms with Crippen molar-refractivity contribution in [2.75, 3.05) is 0 Å². The quantitative estimate of drug-likeness (QED) is 0.884. The monoisotopic (exact) mass is 236 g/mol. The fourth-order valence-electron chi connectivity index (χ4n) is 1.63. The van der Waals surface area contributed by atoms with E-state index in [1.165, 1.54) is 4.88 Å². The molecule has 0 aliphatic rings. The zero-order valence-electron chi connectivity index (χ0n) is 9.55. The van der Waals surface area contributed by atoms with E-state index >= 15 is 0 Å². The molecule has 86 valence electrons. The lowest BCUT2D eigenvalue weighted by atomic mass is 10.2. The second-order valence-corrected chi connectivity index (χ2v) is 5.06. The third kappa shape index (κ3) is 2.51. The van der Waals surface area contributed by atoms with E-state index in [0.717, 1.165) is 17.0 Å². The molecule has 0 saturated heterocycles. The van der Waals surface area contributed by atoms with E-state index in [4.69, 9.17) is 0 Å². The Bertz CT molecular complexity index is 461. The number of hydrogen-bond donors (Lipinski definition) is 1. The molecule has 0 aromatic carbocycles. The summed E-state index contributed by atoms with van der Waals surface area (Å²) in [5, 5.41) is 14.3. The van der Waals surface area contributed by atoms with Crippen LogP contribution in [-0.2, 0) is 19.9 Å². The molecule has 1 atom stereocenters. The predicted molar refractivity (Wildman–Crippen MR) is 65.6 cm³/mol. The zero-order chi connectivity index (χ0) is 11.5. The van der Waals surface area contributed by atoms with Crippen LogP contribution < -0.4 is 0 Å². The molecule has 0 aliphatic heterocycles. The van der Waals surface area contributed by atoms with Gasteiger partial charge in [-0.3, -0.25) is 4.68 Å². The number of nitrogens with zero attached hydrogens (tertiary/aromatic N) is 2. The van der Waals surface area contributed by atoms with Gasteiger partial charge in [0.2, 0.25) is 0 Å². The maximum atomic E-state index is 10.1. The minimum absolute atomic E-state index is 0.430. The molecule has 2 rings (SSSR count). The molecular formula is C12H16N2OS. The summed E-state index contributed by atoms with van der Waals surface area (Å²) in [5.41, 5.74) is 0.932. The molecule has 2 aromatic heterocycles. The molecule has 0 fully saturated rings. The van der Waals surface area contributed by atoms with Crippen LogP contribution in [0.1, 0.15) is 28.5 Å². The van der Waals surface area contributed by atoms with Gasteiger partial charge in [0, 0.05) is 29.4 Å². The molecule has 1 unspecified atom stereocenters. The number of aliphatic hydroxyl groups excluding tert-OH is 1. The third-order valence-electron chi connectivity index (χ3n) is 2.53. The average molecular weight is 236 g/mol. The fourth-order valence-corrected chi connectivity index (χ4v) is 2.57. The van der Waals surface area contributed by atoms with Crippen LogP contribution in [-0.4, -0.2) is 14.9 Å². The van der Waals surface area contributed by atoms with Gasteiger partial charge in [0.1, 0.15) is 0 Å². The Labute approximate surface area is 99.4 Å². The molecule has 0 saturated carbocycles. The van der Waals surface area contributed by atoms with Gasteiger partial charge >= 0.3 is 0 Å². The molecular weight excluding hydrogens is 220 g/mol. The molecule has 0 spiro atoms. The molecule has 3 nitrogen and oxygen atoms in total. The van der Waals surface area contributed by atoms with Crippen molar-refractivity contribution in [1.82, 2.24) is 9.78 Å². The first-order valence-corrected chi connectivity index (χ1v) is 6.26.